The van der Waals surface area contributed by atoms with Crippen molar-refractivity contribution in [1.29, 1.82) is 0 Å². The Bertz CT molecular complexity index is 593. The molecule has 104 valence electrons. The van der Waals surface area contributed by atoms with Gasteiger partial charge in [-0.05, 0) is 38.8 Å². The van der Waals surface area contributed by atoms with Crippen molar-refractivity contribution >= 4 is 5.82 Å². The average Bonchev–Trinajstić information content (AvgIpc) is 3.23. The van der Waals surface area contributed by atoms with Gasteiger partial charge in [-0.3, -0.25) is 4.98 Å². The van der Waals surface area contributed by atoms with Gasteiger partial charge in [-0.2, -0.15) is 0 Å². The molecule has 1 aliphatic carbocycles. The highest BCUT2D eigenvalue weighted by molar-refractivity contribution is 5.38. The van der Waals surface area contributed by atoms with Gasteiger partial charge in [-0.25, -0.2) is 9.97 Å². The summed E-state index contributed by atoms with van der Waals surface area (Å²) in [5, 5.41) is 3.44. The van der Waals surface area contributed by atoms with E-state index in [1.807, 2.05) is 13.0 Å². The van der Waals surface area contributed by atoms with Crippen molar-refractivity contribution in [3.05, 3.63) is 47.7 Å². The van der Waals surface area contributed by atoms with E-state index < -0.39 is 0 Å². The first-order valence-electron chi connectivity index (χ1n) is 7.22. The number of hydrogen-bond acceptors (Lipinski definition) is 4. The van der Waals surface area contributed by atoms with Crippen molar-refractivity contribution in [3.8, 4) is 0 Å². The number of anilines is 1. The van der Waals surface area contributed by atoms with E-state index in [1.54, 1.807) is 6.33 Å². The predicted molar refractivity (Wildman–Crippen MR) is 79.8 cm³/mol. The van der Waals surface area contributed by atoms with Gasteiger partial charge in [0, 0.05) is 41.5 Å². The zero-order chi connectivity index (χ0) is 13.9. The molecular weight excluding hydrogens is 248 g/mol. The van der Waals surface area contributed by atoms with Crippen molar-refractivity contribution in [1.82, 2.24) is 15.0 Å². The number of hydrogen-bond donors (Lipinski definition) is 1. The second-order valence-corrected chi connectivity index (χ2v) is 5.62. The van der Waals surface area contributed by atoms with Gasteiger partial charge in [0.15, 0.2) is 0 Å². The number of pyridine rings is 1. The van der Waals surface area contributed by atoms with E-state index in [4.69, 9.17) is 0 Å². The zero-order valence-electron chi connectivity index (χ0n) is 12.0. The minimum Gasteiger partial charge on any atom is -0.367 e. The summed E-state index contributed by atoms with van der Waals surface area (Å²) >= 11 is 0. The highest BCUT2D eigenvalue weighted by Gasteiger charge is 2.25. The number of nitrogens with one attached hydrogen (secondary N) is 1. The predicted octanol–water partition coefficient (Wildman–Crippen LogP) is 3.10. The van der Waals surface area contributed by atoms with Crippen molar-refractivity contribution in [3.63, 3.8) is 0 Å². The lowest BCUT2D eigenvalue weighted by molar-refractivity contribution is 0.760. The second kappa shape index (κ2) is 5.57. The first-order valence-corrected chi connectivity index (χ1v) is 7.22. The quantitative estimate of drug-likeness (QED) is 0.905. The van der Waals surface area contributed by atoms with Crippen molar-refractivity contribution in [2.24, 2.45) is 0 Å². The van der Waals surface area contributed by atoms with Gasteiger partial charge in [0.05, 0.1) is 0 Å². The summed E-state index contributed by atoms with van der Waals surface area (Å²) in [5.74, 6) is 1.58. The Kier molecular flexibility index (Phi) is 3.63. The molecule has 2 heterocycles. The summed E-state index contributed by atoms with van der Waals surface area (Å²) in [6.45, 7) is 4.18. The van der Waals surface area contributed by atoms with E-state index in [1.165, 1.54) is 18.5 Å². The first-order chi connectivity index (χ1) is 9.70. The number of rotatable bonds is 5. The van der Waals surface area contributed by atoms with Crippen LogP contribution >= 0.6 is 0 Å². The van der Waals surface area contributed by atoms with Crippen LogP contribution in [0.5, 0.6) is 0 Å². The van der Waals surface area contributed by atoms with Gasteiger partial charge in [-0.15, -0.1) is 0 Å². The topological polar surface area (TPSA) is 50.7 Å². The minimum absolute atomic E-state index is 0.297. The van der Waals surface area contributed by atoms with Crippen LogP contribution in [0.15, 0.2) is 30.6 Å². The van der Waals surface area contributed by atoms with Crippen LogP contribution in [0.25, 0.3) is 0 Å². The molecule has 0 aliphatic heterocycles. The molecule has 0 unspecified atom stereocenters. The van der Waals surface area contributed by atoms with Gasteiger partial charge in [0.25, 0.3) is 0 Å². The number of nitrogens with zero attached hydrogens (tertiary/aromatic N) is 3. The Labute approximate surface area is 119 Å². The molecule has 0 spiro atoms. The van der Waals surface area contributed by atoms with Crippen molar-refractivity contribution in [2.45, 2.75) is 45.1 Å². The Morgan fingerprint density at radius 2 is 2.15 bits per heavy atom. The third-order valence-corrected chi connectivity index (χ3v) is 3.54. The summed E-state index contributed by atoms with van der Waals surface area (Å²) in [6, 6.07) is 8.53. The summed E-state index contributed by atoms with van der Waals surface area (Å²) in [6.07, 6.45) is 5.08. The molecule has 1 N–H and O–H groups in total. The zero-order valence-corrected chi connectivity index (χ0v) is 12.0. The van der Waals surface area contributed by atoms with Gasteiger partial charge in [0.2, 0.25) is 0 Å². The maximum Gasteiger partial charge on any atom is 0.129 e. The molecule has 0 aromatic carbocycles. The first kappa shape index (κ1) is 13.0. The molecular formula is C16H20N4. The Morgan fingerprint density at radius 1 is 1.30 bits per heavy atom. The van der Waals surface area contributed by atoms with Gasteiger partial charge in [-0.1, -0.05) is 6.07 Å². The maximum absolute atomic E-state index is 4.54. The second-order valence-electron chi connectivity index (χ2n) is 5.62. The van der Waals surface area contributed by atoms with E-state index in [-0.39, 0.29) is 0 Å². The summed E-state index contributed by atoms with van der Waals surface area (Å²) in [7, 11) is 0. The van der Waals surface area contributed by atoms with E-state index in [0.717, 1.165) is 23.6 Å². The van der Waals surface area contributed by atoms with Crippen LogP contribution in [-0.4, -0.2) is 21.0 Å². The molecule has 0 bridgehead atoms. The Hall–Kier alpha value is -1.97. The molecule has 0 amide bonds. The fourth-order valence-corrected chi connectivity index (χ4v) is 2.38. The molecule has 2 aromatic rings. The standard InChI is InChI=1S/C16H20N4/c1-11-4-3-5-14(19-11)8-12(2)20-16-9-15(13-6-7-13)17-10-18-16/h3-5,9-10,12-13H,6-8H2,1-2H3,(H,17,18,20)/t12-/m0/s1. The third kappa shape index (κ3) is 3.32. The van der Waals surface area contributed by atoms with E-state index in [2.05, 4.69) is 45.4 Å². The summed E-state index contributed by atoms with van der Waals surface area (Å²) in [4.78, 5) is 13.2. The van der Waals surface area contributed by atoms with E-state index in [9.17, 15) is 0 Å². The number of aromatic nitrogens is 3. The molecule has 2 aromatic heterocycles. The molecule has 0 radical (unpaired) electrons. The van der Waals surface area contributed by atoms with E-state index >= 15 is 0 Å². The highest BCUT2D eigenvalue weighted by atomic mass is 15.0. The van der Waals surface area contributed by atoms with Crippen LogP contribution in [0.1, 0.15) is 42.8 Å². The van der Waals surface area contributed by atoms with Gasteiger partial charge < -0.3 is 5.32 Å². The monoisotopic (exact) mass is 268 g/mol. The van der Waals surface area contributed by atoms with Crippen molar-refractivity contribution in [2.75, 3.05) is 5.32 Å². The van der Waals surface area contributed by atoms with Crippen LogP contribution in [0.3, 0.4) is 0 Å². The van der Waals surface area contributed by atoms with Gasteiger partial charge >= 0.3 is 0 Å². The Balaban J connectivity index is 1.63. The largest absolute Gasteiger partial charge is 0.367 e. The minimum atomic E-state index is 0.297. The molecule has 1 atom stereocenters. The molecule has 0 saturated heterocycles. The van der Waals surface area contributed by atoms with Crippen LogP contribution in [-0.2, 0) is 6.42 Å². The normalized spacial score (nSPS) is 15.9. The average molecular weight is 268 g/mol. The lowest BCUT2D eigenvalue weighted by atomic mass is 10.1. The smallest absolute Gasteiger partial charge is 0.129 e. The van der Waals surface area contributed by atoms with E-state index in [0.29, 0.717) is 12.0 Å². The molecule has 1 saturated carbocycles. The molecule has 3 rings (SSSR count). The van der Waals surface area contributed by atoms with Crippen LogP contribution < -0.4 is 5.32 Å². The fraction of sp³-hybridized carbons (Fsp3) is 0.438. The molecule has 1 fully saturated rings. The lowest BCUT2D eigenvalue weighted by Crippen LogP contribution is -2.19. The SMILES string of the molecule is Cc1cccc(C[C@H](C)Nc2cc(C3CC3)ncn2)n1. The van der Waals surface area contributed by atoms with Crippen LogP contribution in [0.2, 0.25) is 0 Å². The van der Waals surface area contributed by atoms with Crippen LogP contribution in [0, 0.1) is 6.92 Å². The Morgan fingerprint density at radius 3 is 2.90 bits per heavy atom. The fourth-order valence-electron chi connectivity index (χ4n) is 2.38. The molecule has 4 heteroatoms. The van der Waals surface area contributed by atoms with Crippen LogP contribution in [0.4, 0.5) is 5.82 Å². The maximum atomic E-state index is 4.54. The number of aryl methyl sites for hydroxylation is 1. The lowest BCUT2D eigenvalue weighted by Gasteiger charge is -2.14. The summed E-state index contributed by atoms with van der Waals surface area (Å²) < 4.78 is 0. The molecule has 1 aliphatic rings. The highest BCUT2D eigenvalue weighted by Crippen LogP contribution is 2.39. The molecule has 4 nitrogen and oxygen atoms in total. The van der Waals surface area contributed by atoms with Crippen molar-refractivity contribution < 1.29 is 0 Å². The molecule has 20 heavy (non-hydrogen) atoms. The van der Waals surface area contributed by atoms with Gasteiger partial charge in [0.1, 0.15) is 12.1 Å². The summed E-state index contributed by atoms with van der Waals surface area (Å²) in [5.41, 5.74) is 3.35. The third-order valence-electron chi connectivity index (χ3n) is 3.54.